The van der Waals surface area contributed by atoms with E-state index in [-0.39, 0.29) is 17.5 Å². The highest BCUT2D eigenvalue weighted by Gasteiger charge is 2.30. The van der Waals surface area contributed by atoms with Gasteiger partial charge in [0.1, 0.15) is 0 Å². The molecule has 1 aliphatic heterocycles. The van der Waals surface area contributed by atoms with Crippen LogP contribution in [-0.4, -0.2) is 34.5 Å². The SMILES string of the molecule is C[C@@H]1CCCN(C(=O)CCn2ccccc2=O)[C@@H]1CN. The molecular formula is C15H23N3O2. The third-order valence-electron chi connectivity index (χ3n) is 4.14. The summed E-state index contributed by atoms with van der Waals surface area (Å²) in [4.78, 5) is 25.9. The first kappa shape index (κ1) is 14.8. The van der Waals surface area contributed by atoms with Crippen molar-refractivity contribution >= 4 is 5.91 Å². The minimum absolute atomic E-state index is 0.0670. The average molecular weight is 277 g/mol. The maximum Gasteiger partial charge on any atom is 0.250 e. The molecule has 5 nitrogen and oxygen atoms in total. The Labute approximate surface area is 119 Å². The summed E-state index contributed by atoms with van der Waals surface area (Å²) >= 11 is 0. The lowest BCUT2D eigenvalue weighted by atomic mass is 9.90. The van der Waals surface area contributed by atoms with Crippen LogP contribution in [0.2, 0.25) is 0 Å². The molecule has 1 aliphatic rings. The van der Waals surface area contributed by atoms with Gasteiger partial charge in [0.15, 0.2) is 0 Å². The van der Waals surface area contributed by atoms with Crippen LogP contribution in [0, 0.1) is 5.92 Å². The first-order chi connectivity index (χ1) is 9.63. The van der Waals surface area contributed by atoms with Crippen LogP contribution in [0.4, 0.5) is 0 Å². The molecule has 0 aliphatic carbocycles. The molecule has 0 unspecified atom stereocenters. The number of likely N-dealkylation sites (tertiary alicyclic amines) is 1. The van der Waals surface area contributed by atoms with Crippen molar-refractivity contribution in [1.29, 1.82) is 0 Å². The topological polar surface area (TPSA) is 68.3 Å². The maximum atomic E-state index is 12.4. The van der Waals surface area contributed by atoms with Gasteiger partial charge in [0.2, 0.25) is 5.91 Å². The summed E-state index contributed by atoms with van der Waals surface area (Å²) in [7, 11) is 0. The second-order valence-corrected chi connectivity index (χ2v) is 5.49. The Morgan fingerprint density at radius 3 is 2.95 bits per heavy atom. The van der Waals surface area contributed by atoms with Gasteiger partial charge in [-0.25, -0.2) is 0 Å². The van der Waals surface area contributed by atoms with E-state index in [1.165, 1.54) is 6.07 Å². The number of nitrogens with zero attached hydrogens (tertiary/aromatic N) is 2. The highest BCUT2D eigenvalue weighted by molar-refractivity contribution is 5.76. The smallest absolute Gasteiger partial charge is 0.250 e. The van der Waals surface area contributed by atoms with Gasteiger partial charge in [0.25, 0.3) is 5.56 Å². The van der Waals surface area contributed by atoms with Crippen LogP contribution in [0.1, 0.15) is 26.2 Å². The first-order valence-electron chi connectivity index (χ1n) is 7.28. The van der Waals surface area contributed by atoms with Crippen molar-refractivity contribution < 1.29 is 4.79 Å². The Balaban J connectivity index is 1.97. The summed E-state index contributed by atoms with van der Waals surface area (Å²) < 4.78 is 1.57. The molecule has 1 aromatic heterocycles. The van der Waals surface area contributed by atoms with Crippen molar-refractivity contribution in [2.45, 2.75) is 38.8 Å². The number of piperidine rings is 1. The molecule has 2 N–H and O–H groups in total. The molecule has 1 fully saturated rings. The van der Waals surface area contributed by atoms with Crippen LogP contribution >= 0.6 is 0 Å². The number of nitrogens with two attached hydrogens (primary N) is 1. The number of amides is 1. The molecule has 1 saturated heterocycles. The van der Waals surface area contributed by atoms with E-state index in [2.05, 4.69) is 6.92 Å². The molecule has 0 aromatic carbocycles. The average Bonchev–Trinajstić information content (AvgIpc) is 2.46. The van der Waals surface area contributed by atoms with Gasteiger partial charge in [-0.2, -0.15) is 0 Å². The van der Waals surface area contributed by atoms with Crippen LogP contribution in [0.5, 0.6) is 0 Å². The van der Waals surface area contributed by atoms with Crippen molar-refractivity contribution in [3.63, 3.8) is 0 Å². The molecule has 1 aromatic rings. The van der Waals surface area contributed by atoms with Crippen LogP contribution in [0.25, 0.3) is 0 Å². The number of aryl methyl sites for hydroxylation is 1. The monoisotopic (exact) mass is 277 g/mol. The third kappa shape index (κ3) is 3.28. The first-order valence-corrected chi connectivity index (χ1v) is 7.28. The Kier molecular flexibility index (Phi) is 4.95. The fraction of sp³-hybridized carbons (Fsp3) is 0.600. The van der Waals surface area contributed by atoms with Crippen LogP contribution < -0.4 is 11.3 Å². The quantitative estimate of drug-likeness (QED) is 0.886. The second-order valence-electron chi connectivity index (χ2n) is 5.49. The summed E-state index contributed by atoms with van der Waals surface area (Å²) in [6.45, 7) is 3.88. The summed E-state index contributed by atoms with van der Waals surface area (Å²) in [5, 5.41) is 0. The van der Waals surface area contributed by atoms with E-state index >= 15 is 0 Å². The Bertz CT molecular complexity index is 512. The van der Waals surface area contributed by atoms with Gasteiger partial charge >= 0.3 is 0 Å². The van der Waals surface area contributed by atoms with Gasteiger partial charge < -0.3 is 15.2 Å². The van der Waals surface area contributed by atoms with Crippen molar-refractivity contribution in [3.05, 3.63) is 34.7 Å². The number of aromatic nitrogens is 1. The summed E-state index contributed by atoms with van der Waals surface area (Å²) in [5.74, 6) is 0.555. The molecule has 5 heteroatoms. The van der Waals surface area contributed by atoms with E-state index in [0.717, 1.165) is 19.4 Å². The Morgan fingerprint density at radius 2 is 2.25 bits per heavy atom. The molecule has 2 heterocycles. The molecule has 110 valence electrons. The van der Waals surface area contributed by atoms with Gasteiger partial charge in [0.05, 0.1) is 0 Å². The number of carbonyl (C=O) groups excluding carboxylic acids is 1. The van der Waals surface area contributed by atoms with E-state index in [0.29, 0.717) is 25.4 Å². The second kappa shape index (κ2) is 6.70. The van der Waals surface area contributed by atoms with Gasteiger partial charge in [-0.1, -0.05) is 13.0 Å². The largest absolute Gasteiger partial charge is 0.338 e. The number of pyridine rings is 1. The van der Waals surface area contributed by atoms with E-state index < -0.39 is 0 Å². The molecule has 1 amide bonds. The lowest BCUT2D eigenvalue weighted by Gasteiger charge is -2.39. The fourth-order valence-corrected chi connectivity index (χ4v) is 2.92. The predicted molar refractivity (Wildman–Crippen MR) is 78.3 cm³/mol. The van der Waals surface area contributed by atoms with E-state index in [1.807, 2.05) is 4.90 Å². The normalized spacial score (nSPS) is 22.8. The standard InChI is InChI=1S/C15H23N3O2/c1-12-5-4-9-18(13(12)11-16)15(20)7-10-17-8-3-2-6-14(17)19/h2-3,6,8,12-13H,4-5,7,9-11,16H2,1H3/t12-,13-/m1/s1. The zero-order valence-electron chi connectivity index (χ0n) is 12.0. The number of hydrogen-bond donors (Lipinski definition) is 1. The molecule has 0 bridgehead atoms. The Hall–Kier alpha value is -1.62. The summed E-state index contributed by atoms with van der Waals surface area (Å²) in [6.07, 6.45) is 4.24. The van der Waals surface area contributed by atoms with Crippen LogP contribution in [-0.2, 0) is 11.3 Å². The lowest BCUT2D eigenvalue weighted by Crippen LogP contribution is -2.51. The van der Waals surface area contributed by atoms with Gasteiger partial charge in [-0.15, -0.1) is 0 Å². The van der Waals surface area contributed by atoms with Gasteiger partial charge in [-0.3, -0.25) is 9.59 Å². The highest BCUT2D eigenvalue weighted by atomic mass is 16.2. The van der Waals surface area contributed by atoms with Gasteiger partial charge in [-0.05, 0) is 24.8 Å². The van der Waals surface area contributed by atoms with E-state index in [4.69, 9.17) is 5.73 Å². The van der Waals surface area contributed by atoms with Crippen molar-refractivity contribution in [1.82, 2.24) is 9.47 Å². The van der Waals surface area contributed by atoms with Crippen LogP contribution in [0.3, 0.4) is 0 Å². The molecule has 0 spiro atoms. The zero-order chi connectivity index (χ0) is 14.5. The molecule has 20 heavy (non-hydrogen) atoms. The number of carbonyl (C=O) groups is 1. The minimum atomic E-state index is -0.0670. The Morgan fingerprint density at radius 1 is 1.45 bits per heavy atom. The minimum Gasteiger partial charge on any atom is -0.338 e. The van der Waals surface area contributed by atoms with Crippen molar-refractivity contribution in [3.8, 4) is 0 Å². The zero-order valence-corrected chi connectivity index (χ0v) is 12.0. The third-order valence-corrected chi connectivity index (χ3v) is 4.14. The summed E-state index contributed by atoms with van der Waals surface area (Å²) in [6, 6.07) is 5.16. The van der Waals surface area contributed by atoms with E-state index in [9.17, 15) is 9.59 Å². The number of rotatable bonds is 4. The maximum absolute atomic E-state index is 12.4. The molecule has 0 saturated carbocycles. The highest BCUT2D eigenvalue weighted by Crippen LogP contribution is 2.23. The van der Waals surface area contributed by atoms with Crippen molar-refractivity contribution in [2.75, 3.05) is 13.1 Å². The van der Waals surface area contributed by atoms with Crippen LogP contribution in [0.15, 0.2) is 29.2 Å². The predicted octanol–water partition coefficient (Wildman–Crippen LogP) is 0.824. The fourth-order valence-electron chi connectivity index (χ4n) is 2.92. The molecule has 0 radical (unpaired) electrons. The molecule has 2 rings (SSSR count). The van der Waals surface area contributed by atoms with Crippen molar-refractivity contribution in [2.24, 2.45) is 11.7 Å². The number of hydrogen-bond acceptors (Lipinski definition) is 3. The lowest BCUT2D eigenvalue weighted by molar-refractivity contribution is -0.136. The molecular weight excluding hydrogens is 254 g/mol. The summed E-state index contributed by atoms with van der Waals surface area (Å²) in [5.41, 5.74) is 5.74. The van der Waals surface area contributed by atoms with E-state index in [1.54, 1.807) is 22.9 Å². The molecule has 2 atom stereocenters. The van der Waals surface area contributed by atoms with Gasteiger partial charge in [0, 0.05) is 44.4 Å².